The molecule has 1 aromatic heterocycles. The molecule has 0 unspecified atom stereocenters. The second kappa shape index (κ2) is 3.77. The van der Waals surface area contributed by atoms with Crippen molar-refractivity contribution in [2.24, 2.45) is 0 Å². The Morgan fingerprint density at radius 3 is 2.47 bits per heavy atom. The quantitative estimate of drug-likeness (QED) is 0.604. The number of aromatic nitrogens is 2. The number of imidazole rings is 1. The zero-order chi connectivity index (χ0) is 12.7. The minimum Gasteiger partial charge on any atom is -0.340 e. The number of nitrogens with one attached hydrogen (secondary N) is 1. The number of H-pyrrole nitrogens is 1. The highest BCUT2D eigenvalue weighted by atomic mass is 19.3. The first-order valence-electron chi connectivity index (χ1n) is 4.59. The van der Waals surface area contributed by atoms with Gasteiger partial charge in [-0.05, 0) is 6.92 Å². The topological polar surface area (TPSA) is 28.7 Å². The van der Waals surface area contributed by atoms with Crippen LogP contribution < -0.4 is 0 Å². The summed E-state index contributed by atoms with van der Waals surface area (Å²) in [6.45, 7) is 1.45. The van der Waals surface area contributed by atoms with Crippen molar-refractivity contribution >= 4 is 11.0 Å². The van der Waals surface area contributed by atoms with Gasteiger partial charge in [0.25, 0.3) is 6.43 Å². The largest absolute Gasteiger partial charge is 0.340 e. The molecule has 0 aliphatic rings. The molecule has 2 nitrogen and oxygen atoms in total. The smallest absolute Gasteiger partial charge is 0.268 e. The molecule has 88 valence electrons. The molecule has 0 fully saturated rings. The lowest BCUT2D eigenvalue weighted by atomic mass is 10.1. The molecular formula is C11H6F4N2. The highest BCUT2D eigenvalue weighted by Crippen LogP contribution is 2.33. The number of hydrogen-bond acceptors (Lipinski definition) is 1. The maximum Gasteiger partial charge on any atom is 0.268 e. The third-order valence-electron chi connectivity index (χ3n) is 2.33. The molecule has 0 atom stereocenters. The Labute approximate surface area is 93.7 Å². The minimum atomic E-state index is -3.12. The number of hydrogen-bond donors (Lipinski definition) is 1. The monoisotopic (exact) mass is 242 g/mol. The summed E-state index contributed by atoms with van der Waals surface area (Å²) in [6.07, 6.45) is 1.79. The summed E-state index contributed by atoms with van der Waals surface area (Å²) >= 11 is 0. The molecule has 0 bridgehead atoms. The lowest BCUT2D eigenvalue weighted by molar-refractivity contribution is 0.148. The molecule has 2 aromatic rings. The standard InChI is InChI=1S/C11H6F4N2/c1-3-5-7(12)6(11(14)15)9-10(8(5)13)17-4(2)16-9/h1,11H,2H3,(H,16,17). The van der Waals surface area contributed by atoms with Crippen molar-refractivity contribution in [3.05, 3.63) is 28.6 Å². The van der Waals surface area contributed by atoms with E-state index < -0.39 is 34.7 Å². The zero-order valence-electron chi connectivity index (χ0n) is 8.61. The molecule has 17 heavy (non-hydrogen) atoms. The van der Waals surface area contributed by atoms with Crippen LogP contribution in [0.1, 0.15) is 23.4 Å². The summed E-state index contributed by atoms with van der Waals surface area (Å²) < 4.78 is 52.8. The van der Waals surface area contributed by atoms with Crippen LogP contribution in [0, 0.1) is 30.9 Å². The van der Waals surface area contributed by atoms with Gasteiger partial charge in [0, 0.05) is 0 Å². The number of aryl methyl sites for hydroxylation is 1. The Bertz CT molecular complexity index is 637. The van der Waals surface area contributed by atoms with Crippen LogP contribution >= 0.6 is 0 Å². The van der Waals surface area contributed by atoms with Gasteiger partial charge in [-0.2, -0.15) is 0 Å². The number of fused-ring (bicyclic) bond motifs is 1. The summed E-state index contributed by atoms with van der Waals surface area (Å²) in [7, 11) is 0. The molecule has 0 radical (unpaired) electrons. The maximum atomic E-state index is 13.7. The van der Waals surface area contributed by atoms with E-state index in [-0.39, 0.29) is 11.3 Å². The van der Waals surface area contributed by atoms with Crippen LogP contribution in [-0.4, -0.2) is 9.97 Å². The number of alkyl halides is 2. The number of halogens is 4. The Hall–Kier alpha value is -2.03. The summed E-state index contributed by atoms with van der Waals surface area (Å²) in [4.78, 5) is 6.09. The number of terminal acetylenes is 1. The average molecular weight is 242 g/mol. The number of rotatable bonds is 1. The van der Waals surface area contributed by atoms with E-state index in [1.165, 1.54) is 6.92 Å². The van der Waals surface area contributed by atoms with Gasteiger partial charge in [0.15, 0.2) is 11.6 Å². The van der Waals surface area contributed by atoms with Crippen molar-refractivity contribution in [3.63, 3.8) is 0 Å². The van der Waals surface area contributed by atoms with E-state index in [9.17, 15) is 17.6 Å². The first-order valence-corrected chi connectivity index (χ1v) is 4.59. The summed E-state index contributed by atoms with van der Waals surface area (Å²) in [5.74, 6) is -0.578. The molecule has 1 heterocycles. The van der Waals surface area contributed by atoms with Gasteiger partial charge in [-0.3, -0.25) is 0 Å². The molecule has 2 rings (SSSR count). The summed E-state index contributed by atoms with van der Waals surface area (Å²) in [5, 5.41) is 0. The molecule has 1 N–H and O–H groups in total. The highest BCUT2D eigenvalue weighted by Gasteiger charge is 2.26. The van der Waals surface area contributed by atoms with Crippen LogP contribution in [0.5, 0.6) is 0 Å². The first kappa shape index (κ1) is 11.5. The zero-order valence-corrected chi connectivity index (χ0v) is 8.61. The van der Waals surface area contributed by atoms with Crippen molar-refractivity contribution in [2.75, 3.05) is 0 Å². The van der Waals surface area contributed by atoms with Gasteiger partial charge in [0.1, 0.15) is 16.9 Å². The highest BCUT2D eigenvalue weighted by molar-refractivity contribution is 5.82. The molecule has 0 aliphatic carbocycles. The Kier molecular flexibility index (Phi) is 2.54. The van der Waals surface area contributed by atoms with Gasteiger partial charge in [0.05, 0.1) is 11.1 Å². The third-order valence-corrected chi connectivity index (χ3v) is 2.33. The Morgan fingerprint density at radius 1 is 1.29 bits per heavy atom. The minimum absolute atomic E-state index is 0.203. The lowest BCUT2D eigenvalue weighted by Crippen LogP contribution is -2.00. The van der Waals surface area contributed by atoms with E-state index in [1.54, 1.807) is 5.92 Å². The van der Waals surface area contributed by atoms with Crippen LogP contribution in [0.3, 0.4) is 0 Å². The van der Waals surface area contributed by atoms with E-state index in [0.717, 1.165) is 0 Å². The van der Waals surface area contributed by atoms with Crippen LogP contribution in [0.15, 0.2) is 0 Å². The fourth-order valence-electron chi connectivity index (χ4n) is 1.63. The van der Waals surface area contributed by atoms with Crippen molar-refractivity contribution in [2.45, 2.75) is 13.3 Å². The predicted molar refractivity (Wildman–Crippen MR) is 53.6 cm³/mol. The second-order valence-corrected chi connectivity index (χ2v) is 3.41. The Morgan fingerprint density at radius 2 is 1.94 bits per heavy atom. The first-order chi connectivity index (χ1) is 7.97. The van der Waals surface area contributed by atoms with Gasteiger partial charge in [-0.25, -0.2) is 22.5 Å². The van der Waals surface area contributed by atoms with E-state index in [4.69, 9.17) is 6.42 Å². The van der Waals surface area contributed by atoms with Gasteiger partial charge >= 0.3 is 0 Å². The molecule has 0 aliphatic heterocycles. The van der Waals surface area contributed by atoms with E-state index in [0.29, 0.717) is 0 Å². The maximum absolute atomic E-state index is 13.7. The molecule has 0 saturated carbocycles. The predicted octanol–water partition coefficient (Wildman–Crippen LogP) is 3.07. The van der Waals surface area contributed by atoms with Gasteiger partial charge < -0.3 is 4.98 Å². The van der Waals surface area contributed by atoms with E-state index >= 15 is 0 Å². The van der Waals surface area contributed by atoms with Crippen molar-refractivity contribution in [1.29, 1.82) is 0 Å². The van der Waals surface area contributed by atoms with E-state index in [1.807, 2.05) is 0 Å². The lowest BCUT2D eigenvalue weighted by Gasteiger charge is -2.06. The van der Waals surface area contributed by atoms with Crippen LogP contribution in [0.2, 0.25) is 0 Å². The summed E-state index contributed by atoms with van der Waals surface area (Å²) in [6, 6.07) is 0. The molecular weight excluding hydrogens is 236 g/mol. The molecule has 1 aromatic carbocycles. The van der Waals surface area contributed by atoms with Crippen LogP contribution in [0.25, 0.3) is 11.0 Å². The molecule has 6 heteroatoms. The molecule has 0 spiro atoms. The van der Waals surface area contributed by atoms with Crippen molar-refractivity contribution < 1.29 is 17.6 Å². The number of benzene rings is 1. The third kappa shape index (κ3) is 1.55. The Balaban J connectivity index is 3.01. The SMILES string of the molecule is C#Cc1c(F)c(C(F)F)c2nc(C)[nH]c2c1F. The van der Waals surface area contributed by atoms with Gasteiger partial charge in [-0.15, -0.1) is 6.42 Å². The van der Waals surface area contributed by atoms with Crippen LogP contribution in [0.4, 0.5) is 17.6 Å². The van der Waals surface area contributed by atoms with Gasteiger partial charge in [-0.1, -0.05) is 5.92 Å². The molecule has 0 saturated heterocycles. The molecule has 0 amide bonds. The average Bonchev–Trinajstić information content (AvgIpc) is 2.60. The normalized spacial score (nSPS) is 11.1. The second-order valence-electron chi connectivity index (χ2n) is 3.41. The summed E-state index contributed by atoms with van der Waals surface area (Å²) in [5.41, 5.74) is -2.51. The van der Waals surface area contributed by atoms with E-state index in [2.05, 4.69) is 9.97 Å². The van der Waals surface area contributed by atoms with Gasteiger partial charge in [0.2, 0.25) is 0 Å². The number of aromatic amines is 1. The van der Waals surface area contributed by atoms with Crippen molar-refractivity contribution in [3.8, 4) is 12.3 Å². The van der Waals surface area contributed by atoms with Crippen molar-refractivity contribution in [1.82, 2.24) is 9.97 Å². The fraction of sp³-hybridized carbons (Fsp3) is 0.182. The van der Waals surface area contributed by atoms with Crippen LogP contribution in [-0.2, 0) is 0 Å². The number of nitrogens with zero attached hydrogens (tertiary/aromatic N) is 1. The fourth-order valence-corrected chi connectivity index (χ4v) is 1.63.